The largest absolute Gasteiger partial charge is 0.326 e. The predicted molar refractivity (Wildman–Crippen MR) is 81.0 cm³/mol. The van der Waals surface area contributed by atoms with E-state index in [2.05, 4.69) is 50.5 Å². The summed E-state index contributed by atoms with van der Waals surface area (Å²) in [6.45, 7) is 9.84. The Bertz CT molecular complexity index is 540. The zero-order valence-electron chi connectivity index (χ0n) is 12.4. The summed E-state index contributed by atoms with van der Waals surface area (Å²) in [7, 11) is 0. The maximum Gasteiger partial charge on any atom is 0.126 e. The van der Waals surface area contributed by atoms with Crippen LogP contribution in [-0.4, -0.2) is 9.55 Å². The van der Waals surface area contributed by atoms with Gasteiger partial charge in [0.25, 0.3) is 0 Å². The Morgan fingerprint density at radius 2 is 1.79 bits per heavy atom. The van der Waals surface area contributed by atoms with E-state index in [-0.39, 0.29) is 6.04 Å². The molecule has 0 aliphatic rings. The molecule has 0 bridgehead atoms. The molecule has 1 heterocycles. The van der Waals surface area contributed by atoms with Gasteiger partial charge in [-0.15, -0.1) is 0 Å². The Balaban J connectivity index is 2.46. The molecule has 3 heteroatoms. The molecule has 1 aromatic heterocycles. The van der Waals surface area contributed by atoms with Crippen molar-refractivity contribution in [2.24, 2.45) is 17.6 Å². The molecular weight excluding hydrogens is 234 g/mol. The monoisotopic (exact) mass is 259 g/mol. The second-order valence-electron chi connectivity index (χ2n) is 6.20. The van der Waals surface area contributed by atoms with E-state index < -0.39 is 0 Å². The fourth-order valence-corrected chi connectivity index (χ4v) is 2.55. The van der Waals surface area contributed by atoms with Gasteiger partial charge in [-0.1, -0.05) is 39.8 Å². The van der Waals surface area contributed by atoms with Crippen molar-refractivity contribution in [3.63, 3.8) is 0 Å². The van der Waals surface area contributed by atoms with Crippen LogP contribution in [0.1, 0.15) is 46.0 Å². The number of imidazole rings is 1. The van der Waals surface area contributed by atoms with E-state index in [1.807, 2.05) is 6.07 Å². The zero-order chi connectivity index (χ0) is 14.0. The molecule has 1 aromatic carbocycles. The summed E-state index contributed by atoms with van der Waals surface area (Å²) in [5.41, 5.74) is 8.61. The minimum Gasteiger partial charge on any atom is -0.326 e. The van der Waals surface area contributed by atoms with Crippen molar-refractivity contribution in [3.8, 4) is 0 Å². The Hall–Kier alpha value is -1.35. The standard InChI is InChI=1S/C16H25N3/c1-11(2)9-13(17)16-18-14-7-5-6-8-15(14)19(16)10-12(3)4/h5-8,11-13H,9-10,17H2,1-4H3. The summed E-state index contributed by atoms with van der Waals surface area (Å²) in [5, 5.41) is 0. The lowest BCUT2D eigenvalue weighted by Gasteiger charge is -2.17. The van der Waals surface area contributed by atoms with Crippen LogP contribution in [0.5, 0.6) is 0 Å². The van der Waals surface area contributed by atoms with Crippen molar-refractivity contribution in [1.82, 2.24) is 9.55 Å². The summed E-state index contributed by atoms with van der Waals surface area (Å²) >= 11 is 0. The van der Waals surface area contributed by atoms with Gasteiger partial charge >= 0.3 is 0 Å². The molecule has 0 radical (unpaired) electrons. The molecule has 0 saturated carbocycles. The molecule has 2 rings (SSSR count). The molecule has 1 atom stereocenters. The van der Waals surface area contributed by atoms with E-state index in [9.17, 15) is 0 Å². The Labute approximate surface area is 115 Å². The van der Waals surface area contributed by atoms with Gasteiger partial charge in [0.15, 0.2) is 0 Å². The average molecular weight is 259 g/mol. The minimum absolute atomic E-state index is 0.0196. The maximum absolute atomic E-state index is 6.35. The van der Waals surface area contributed by atoms with E-state index in [0.29, 0.717) is 11.8 Å². The first-order valence-electron chi connectivity index (χ1n) is 7.19. The highest BCUT2D eigenvalue weighted by atomic mass is 15.1. The molecule has 0 aliphatic carbocycles. The summed E-state index contributed by atoms with van der Waals surface area (Å²) in [6, 6.07) is 8.32. The zero-order valence-corrected chi connectivity index (χ0v) is 12.4. The quantitative estimate of drug-likeness (QED) is 0.889. The van der Waals surface area contributed by atoms with E-state index >= 15 is 0 Å². The number of para-hydroxylation sites is 2. The number of hydrogen-bond donors (Lipinski definition) is 1. The molecule has 2 aromatic rings. The third kappa shape index (κ3) is 3.16. The van der Waals surface area contributed by atoms with Crippen LogP contribution < -0.4 is 5.73 Å². The van der Waals surface area contributed by atoms with Crippen LogP contribution in [0, 0.1) is 11.8 Å². The maximum atomic E-state index is 6.35. The van der Waals surface area contributed by atoms with Crippen molar-refractivity contribution in [1.29, 1.82) is 0 Å². The highest BCUT2D eigenvalue weighted by Gasteiger charge is 2.18. The van der Waals surface area contributed by atoms with Crippen LogP contribution in [0.15, 0.2) is 24.3 Å². The van der Waals surface area contributed by atoms with Gasteiger partial charge in [0.05, 0.1) is 17.1 Å². The topological polar surface area (TPSA) is 43.8 Å². The van der Waals surface area contributed by atoms with Crippen LogP contribution in [0.3, 0.4) is 0 Å². The third-order valence-electron chi connectivity index (χ3n) is 3.29. The second-order valence-corrected chi connectivity index (χ2v) is 6.20. The normalized spacial score (nSPS) is 13.6. The molecule has 2 N–H and O–H groups in total. The second kappa shape index (κ2) is 5.74. The average Bonchev–Trinajstić information content (AvgIpc) is 2.67. The lowest BCUT2D eigenvalue weighted by molar-refractivity contribution is 0.452. The highest BCUT2D eigenvalue weighted by Crippen LogP contribution is 2.24. The van der Waals surface area contributed by atoms with E-state index in [1.165, 1.54) is 5.52 Å². The number of nitrogens with two attached hydrogens (primary N) is 1. The summed E-state index contributed by atoms with van der Waals surface area (Å²) < 4.78 is 2.30. The molecule has 0 amide bonds. The number of aromatic nitrogens is 2. The van der Waals surface area contributed by atoms with Crippen molar-refractivity contribution in [2.75, 3.05) is 0 Å². The first kappa shape index (κ1) is 14.1. The smallest absolute Gasteiger partial charge is 0.126 e. The molecule has 0 fully saturated rings. The van der Waals surface area contributed by atoms with Crippen LogP contribution in [-0.2, 0) is 6.54 Å². The first-order valence-corrected chi connectivity index (χ1v) is 7.19. The molecule has 19 heavy (non-hydrogen) atoms. The summed E-state index contributed by atoms with van der Waals surface area (Å²) in [4.78, 5) is 4.76. The lowest BCUT2D eigenvalue weighted by Crippen LogP contribution is -2.20. The molecule has 104 valence electrons. The van der Waals surface area contributed by atoms with Crippen LogP contribution in [0.2, 0.25) is 0 Å². The van der Waals surface area contributed by atoms with E-state index in [1.54, 1.807) is 0 Å². The summed E-state index contributed by atoms with van der Waals surface area (Å²) in [5.74, 6) is 2.20. The van der Waals surface area contributed by atoms with Gasteiger partial charge in [-0.25, -0.2) is 4.98 Å². The Kier molecular flexibility index (Phi) is 4.25. The van der Waals surface area contributed by atoms with Crippen molar-refractivity contribution in [3.05, 3.63) is 30.1 Å². The molecule has 1 unspecified atom stereocenters. The number of hydrogen-bond acceptors (Lipinski definition) is 2. The van der Waals surface area contributed by atoms with Gasteiger partial charge in [-0.3, -0.25) is 0 Å². The van der Waals surface area contributed by atoms with Crippen LogP contribution >= 0.6 is 0 Å². The molecule has 3 nitrogen and oxygen atoms in total. The lowest BCUT2D eigenvalue weighted by atomic mass is 10.0. The number of benzene rings is 1. The highest BCUT2D eigenvalue weighted by molar-refractivity contribution is 5.76. The third-order valence-corrected chi connectivity index (χ3v) is 3.29. The number of rotatable bonds is 5. The summed E-state index contributed by atoms with van der Waals surface area (Å²) in [6.07, 6.45) is 0.974. The van der Waals surface area contributed by atoms with Crippen LogP contribution in [0.4, 0.5) is 0 Å². The van der Waals surface area contributed by atoms with Crippen molar-refractivity contribution >= 4 is 11.0 Å². The molecular formula is C16H25N3. The fourth-order valence-electron chi connectivity index (χ4n) is 2.55. The van der Waals surface area contributed by atoms with Gasteiger partial charge in [-0.05, 0) is 30.4 Å². The Morgan fingerprint density at radius 3 is 2.42 bits per heavy atom. The first-order chi connectivity index (χ1) is 8.99. The van der Waals surface area contributed by atoms with Gasteiger partial charge < -0.3 is 10.3 Å². The fraction of sp³-hybridized carbons (Fsp3) is 0.562. The van der Waals surface area contributed by atoms with Crippen LogP contribution in [0.25, 0.3) is 11.0 Å². The SMILES string of the molecule is CC(C)CC(N)c1nc2ccccc2n1CC(C)C. The van der Waals surface area contributed by atoms with Gasteiger partial charge in [0.1, 0.15) is 5.82 Å². The van der Waals surface area contributed by atoms with Crippen molar-refractivity contribution < 1.29 is 0 Å². The predicted octanol–water partition coefficient (Wildman–Crippen LogP) is 3.74. The van der Waals surface area contributed by atoms with E-state index in [4.69, 9.17) is 10.7 Å². The Morgan fingerprint density at radius 1 is 1.11 bits per heavy atom. The van der Waals surface area contributed by atoms with Crippen molar-refractivity contribution in [2.45, 2.75) is 46.7 Å². The van der Waals surface area contributed by atoms with Gasteiger partial charge in [0.2, 0.25) is 0 Å². The van der Waals surface area contributed by atoms with E-state index in [0.717, 1.165) is 24.3 Å². The number of nitrogens with zero attached hydrogens (tertiary/aromatic N) is 2. The molecule has 0 aliphatic heterocycles. The minimum atomic E-state index is 0.0196. The molecule has 0 saturated heterocycles. The number of fused-ring (bicyclic) bond motifs is 1. The molecule has 0 spiro atoms. The van der Waals surface area contributed by atoms with Gasteiger partial charge in [-0.2, -0.15) is 0 Å². The van der Waals surface area contributed by atoms with Gasteiger partial charge in [0, 0.05) is 6.54 Å².